The maximum Gasteiger partial charge on any atom is 0.257 e. The molecular formula is C27H25ClN4O2S. The highest BCUT2D eigenvalue weighted by Crippen LogP contribution is 2.20. The molecule has 2 N–H and O–H groups in total. The zero-order valence-electron chi connectivity index (χ0n) is 19.0. The first-order valence-corrected chi connectivity index (χ1v) is 12.0. The van der Waals surface area contributed by atoms with E-state index in [0.29, 0.717) is 23.7 Å². The normalized spacial score (nSPS) is 13.5. The minimum atomic E-state index is -0.304. The zero-order chi connectivity index (χ0) is 24.6. The van der Waals surface area contributed by atoms with Crippen LogP contribution in [0.15, 0.2) is 84.9 Å². The lowest BCUT2D eigenvalue weighted by atomic mass is 10.2. The Morgan fingerprint density at radius 1 is 0.857 bits per heavy atom. The molecule has 1 fully saturated rings. The summed E-state index contributed by atoms with van der Waals surface area (Å²) in [7, 11) is 0. The fraction of sp³-hybridized carbons (Fsp3) is 0.148. The molecular weight excluding hydrogens is 480 g/mol. The summed E-state index contributed by atoms with van der Waals surface area (Å²) in [6.07, 6.45) is 3.49. The SMILES string of the molecule is O=C(NC(=S)Nc1ccc(N2CCN(C(=O)/C=C/c3ccccc3)CC2)cc1)c1ccc(Cl)cc1. The topological polar surface area (TPSA) is 64.7 Å². The number of benzene rings is 3. The van der Waals surface area contributed by atoms with Crippen LogP contribution in [0, 0.1) is 0 Å². The Hall–Kier alpha value is -3.68. The lowest BCUT2D eigenvalue weighted by molar-refractivity contribution is -0.126. The summed E-state index contributed by atoms with van der Waals surface area (Å²) in [5, 5.41) is 6.47. The third-order valence-corrected chi connectivity index (χ3v) is 6.09. The van der Waals surface area contributed by atoms with Gasteiger partial charge in [-0.05, 0) is 72.4 Å². The number of thiocarbonyl (C=S) groups is 1. The molecule has 0 unspecified atom stereocenters. The lowest BCUT2D eigenvalue weighted by Crippen LogP contribution is -2.48. The number of carbonyl (C=O) groups is 2. The van der Waals surface area contributed by atoms with Gasteiger partial charge in [0.1, 0.15) is 0 Å². The molecule has 3 aromatic rings. The summed E-state index contributed by atoms with van der Waals surface area (Å²) in [6.45, 7) is 2.85. The molecule has 4 rings (SSSR count). The molecule has 0 saturated carbocycles. The van der Waals surface area contributed by atoms with E-state index in [1.807, 2.05) is 65.6 Å². The van der Waals surface area contributed by atoms with Crippen molar-refractivity contribution in [1.29, 1.82) is 0 Å². The van der Waals surface area contributed by atoms with Crippen molar-refractivity contribution < 1.29 is 9.59 Å². The molecule has 2 amide bonds. The molecule has 1 aliphatic heterocycles. The molecule has 1 aliphatic rings. The van der Waals surface area contributed by atoms with Gasteiger partial charge >= 0.3 is 0 Å². The number of anilines is 2. The monoisotopic (exact) mass is 504 g/mol. The lowest BCUT2D eigenvalue weighted by Gasteiger charge is -2.35. The molecule has 0 radical (unpaired) electrons. The van der Waals surface area contributed by atoms with E-state index in [-0.39, 0.29) is 16.9 Å². The second-order valence-corrected chi connectivity index (χ2v) is 8.86. The minimum Gasteiger partial charge on any atom is -0.368 e. The molecule has 8 heteroatoms. The average Bonchev–Trinajstić information content (AvgIpc) is 2.89. The van der Waals surface area contributed by atoms with Crippen LogP contribution < -0.4 is 15.5 Å². The van der Waals surface area contributed by atoms with Crippen molar-refractivity contribution in [1.82, 2.24) is 10.2 Å². The summed E-state index contributed by atoms with van der Waals surface area (Å²) in [6, 6.07) is 24.2. The number of nitrogens with zero attached hydrogens (tertiary/aromatic N) is 2. The minimum absolute atomic E-state index is 0.0298. The summed E-state index contributed by atoms with van der Waals surface area (Å²) in [4.78, 5) is 28.9. The molecule has 178 valence electrons. The largest absolute Gasteiger partial charge is 0.368 e. The fourth-order valence-electron chi connectivity index (χ4n) is 3.72. The Morgan fingerprint density at radius 2 is 1.51 bits per heavy atom. The van der Waals surface area contributed by atoms with E-state index in [9.17, 15) is 9.59 Å². The molecule has 0 aromatic heterocycles. The van der Waals surface area contributed by atoms with Gasteiger partial charge in [-0.1, -0.05) is 41.9 Å². The molecule has 1 saturated heterocycles. The van der Waals surface area contributed by atoms with Crippen LogP contribution in [0.5, 0.6) is 0 Å². The zero-order valence-corrected chi connectivity index (χ0v) is 20.6. The summed E-state index contributed by atoms with van der Waals surface area (Å²) < 4.78 is 0. The number of hydrogen-bond donors (Lipinski definition) is 2. The van der Waals surface area contributed by atoms with E-state index >= 15 is 0 Å². The van der Waals surface area contributed by atoms with Gasteiger partial charge < -0.3 is 15.1 Å². The van der Waals surface area contributed by atoms with Crippen LogP contribution in [0.2, 0.25) is 5.02 Å². The van der Waals surface area contributed by atoms with Crippen LogP contribution >= 0.6 is 23.8 Å². The first kappa shape index (κ1) is 24.4. The van der Waals surface area contributed by atoms with E-state index in [4.69, 9.17) is 23.8 Å². The Labute approximate surface area is 215 Å². The predicted octanol–water partition coefficient (Wildman–Crippen LogP) is 4.83. The second kappa shape index (κ2) is 11.6. The maximum absolute atomic E-state index is 12.5. The highest BCUT2D eigenvalue weighted by molar-refractivity contribution is 7.80. The highest BCUT2D eigenvalue weighted by Gasteiger charge is 2.20. The van der Waals surface area contributed by atoms with E-state index in [0.717, 1.165) is 30.0 Å². The molecule has 0 aliphatic carbocycles. The van der Waals surface area contributed by atoms with Crippen molar-refractivity contribution in [3.63, 3.8) is 0 Å². The number of rotatable bonds is 5. The second-order valence-electron chi connectivity index (χ2n) is 8.02. The number of carbonyl (C=O) groups excluding carboxylic acids is 2. The maximum atomic E-state index is 12.5. The number of nitrogens with one attached hydrogen (secondary N) is 2. The van der Waals surface area contributed by atoms with Gasteiger partial charge in [0, 0.05) is 54.2 Å². The Balaban J connectivity index is 1.25. The van der Waals surface area contributed by atoms with Crippen molar-refractivity contribution in [2.24, 2.45) is 0 Å². The van der Waals surface area contributed by atoms with Crippen LogP contribution in [0.25, 0.3) is 6.08 Å². The molecule has 1 heterocycles. The van der Waals surface area contributed by atoms with Crippen LogP contribution in [-0.4, -0.2) is 48.0 Å². The quantitative estimate of drug-likeness (QED) is 0.385. The summed E-state index contributed by atoms with van der Waals surface area (Å²) in [5.41, 5.74) is 3.33. The van der Waals surface area contributed by atoms with Gasteiger partial charge in [0.15, 0.2) is 5.11 Å². The van der Waals surface area contributed by atoms with Crippen LogP contribution in [0.3, 0.4) is 0 Å². The highest BCUT2D eigenvalue weighted by atomic mass is 35.5. The molecule has 0 atom stereocenters. The van der Waals surface area contributed by atoms with Crippen molar-refractivity contribution >= 4 is 58.2 Å². The van der Waals surface area contributed by atoms with Crippen LogP contribution in [0.4, 0.5) is 11.4 Å². The van der Waals surface area contributed by atoms with Gasteiger partial charge in [-0.15, -0.1) is 0 Å². The van der Waals surface area contributed by atoms with E-state index in [2.05, 4.69) is 15.5 Å². The summed E-state index contributed by atoms with van der Waals surface area (Å²) >= 11 is 11.1. The first-order chi connectivity index (χ1) is 17.0. The standard InChI is InChI=1S/C27H25ClN4O2S/c28-22-9-7-21(8-10-22)26(34)30-27(35)29-23-11-13-24(14-12-23)31-16-18-32(19-17-31)25(33)15-6-20-4-2-1-3-5-20/h1-15H,16-19H2,(H2,29,30,34,35)/b15-6+. The van der Waals surface area contributed by atoms with Gasteiger partial charge in [-0.2, -0.15) is 0 Å². The molecule has 0 spiro atoms. The van der Waals surface area contributed by atoms with Crippen molar-refractivity contribution in [3.8, 4) is 0 Å². The fourth-order valence-corrected chi connectivity index (χ4v) is 4.05. The Morgan fingerprint density at radius 3 is 2.17 bits per heavy atom. The number of halogens is 1. The van der Waals surface area contributed by atoms with Crippen molar-refractivity contribution in [2.75, 3.05) is 36.4 Å². The van der Waals surface area contributed by atoms with Gasteiger partial charge in [0.05, 0.1) is 0 Å². The van der Waals surface area contributed by atoms with Gasteiger partial charge in [0.25, 0.3) is 5.91 Å². The van der Waals surface area contributed by atoms with Crippen molar-refractivity contribution in [2.45, 2.75) is 0 Å². The molecule has 6 nitrogen and oxygen atoms in total. The Bertz CT molecular complexity index is 1210. The van der Waals surface area contributed by atoms with Crippen molar-refractivity contribution in [3.05, 3.63) is 101 Å². The van der Waals surface area contributed by atoms with Gasteiger partial charge in [0.2, 0.25) is 5.91 Å². The smallest absolute Gasteiger partial charge is 0.257 e. The summed E-state index contributed by atoms with van der Waals surface area (Å²) in [5.74, 6) is -0.274. The number of amides is 2. The van der Waals surface area contributed by atoms with Crippen LogP contribution in [-0.2, 0) is 4.79 Å². The Kier molecular flexibility index (Phi) is 8.13. The molecule has 3 aromatic carbocycles. The third-order valence-electron chi connectivity index (χ3n) is 5.63. The van der Waals surface area contributed by atoms with E-state index < -0.39 is 0 Å². The van der Waals surface area contributed by atoms with E-state index in [1.54, 1.807) is 30.3 Å². The third kappa shape index (κ3) is 6.91. The predicted molar refractivity (Wildman–Crippen MR) is 146 cm³/mol. The first-order valence-electron chi connectivity index (χ1n) is 11.2. The molecule has 0 bridgehead atoms. The van der Waals surface area contributed by atoms with Gasteiger partial charge in [-0.3, -0.25) is 14.9 Å². The average molecular weight is 505 g/mol. The number of hydrogen-bond acceptors (Lipinski definition) is 4. The van der Waals surface area contributed by atoms with E-state index in [1.165, 1.54) is 0 Å². The van der Waals surface area contributed by atoms with Gasteiger partial charge in [-0.25, -0.2) is 0 Å². The van der Waals surface area contributed by atoms with Crippen LogP contribution in [0.1, 0.15) is 15.9 Å². The number of piperazine rings is 1. The molecule has 35 heavy (non-hydrogen) atoms.